The van der Waals surface area contributed by atoms with Crippen LogP contribution in [0, 0.1) is 5.92 Å². The lowest BCUT2D eigenvalue weighted by Crippen LogP contribution is -2.36. The molecule has 2 aliphatic rings. The number of alkyl halides is 2. The van der Waals surface area contributed by atoms with E-state index >= 15 is 0 Å². The zero-order chi connectivity index (χ0) is 6.48. The summed E-state index contributed by atoms with van der Waals surface area (Å²) < 4.78 is 25.2. The molecule has 0 aromatic heterocycles. The molecule has 1 nitrogen and oxygen atoms in total. The predicted molar refractivity (Wildman–Crippen MR) is 36.7 cm³/mol. The lowest BCUT2D eigenvalue weighted by atomic mass is 10.1. The number of fused-ring (bicyclic) bond motifs is 2. The topological polar surface area (TPSA) is 12.0 Å². The lowest BCUT2D eigenvalue weighted by Gasteiger charge is -2.21. The molecule has 1 N–H and O–H groups in total. The monoisotopic (exact) mass is 169 g/mol. The number of rotatable bonds is 0. The zero-order valence-corrected chi connectivity index (χ0v) is 6.26. The fourth-order valence-corrected chi connectivity index (χ4v) is 1.79. The second kappa shape index (κ2) is 2.31. The van der Waals surface area contributed by atoms with Gasteiger partial charge in [0.25, 0.3) is 5.92 Å². The molecule has 1 saturated heterocycles. The summed E-state index contributed by atoms with van der Waals surface area (Å²) in [5, 5.41) is 3.03. The van der Waals surface area contributed by atoms with Gasteiger partial charge >= 0.3 is 0 Å². The Morgan fingerprint density at radius 1 is 1.40 bits per heavy atom. The Morgan fingerprint density at radius 2 is 2.10 bits per heavy atom. The highest BCUT2D eigenvalue weighted by molar-refractivity contribution is 5.85. The number of piperidine rings is 1. The molecule has 2 rings (SSSR count). The molecule has 2 unspecified atom stereocenters. The molecule has 60 valence electrons. The van der Waals surface area contributed by atoms with Gasteiger partial charge in [-0.2, -0.15) is 0 Å². The second-order valence-electron chi connectivity index (χ2n) is 3.00. The fourth-order valence-electron chi connectivity index (χ4n) is 1.79. The van der Waals surface area contributed by atoms with Gasteiger partial charge in [-0.1, -0.05) is 0 Å². The van der Waals surface area contributed by atoms with Crippen LogP contribution in [0.3, 0.4) is 0 Å². The van der Waals surface area contributed by atoms with Crippen LogP contribution in [0.4, 0.5) is 8.78 Å². The minimum atomic E-state index is -2.35. The molecular weight excluding hydrogens is 160 g/mol. The molecule has 0 spiro atoms. The maximum Gasteiger partial charge on any atom is 0.253 e. The van der Waals surface area contributed by atoms with E-state index in [1.54, 1.807) is 0 Å². The van der Waals surface area contributed by atoms with Crippen LogP contribution in [0.15, 0.2) is 0 Å². The SMILES string of the molecule is Cl.FC1(F)CC2CC1CN2. The van der Waals surface area contributed by atoms with Crippen LogP contribution < -0.4 is 5.32 Å². The fraction of sp³-hybridized carbons (Fsp3) is 1.00. The van der Waals surface area contributed by atoms with E-state index in [1.807, 2.05) is 0 Å². The molecule has 2 bridgehead atoms. The van der Waals surface area contributed by atoms with Gasteiger partial charge in [-0.25, -0.2) is 8.78 Å². The summed E-state index contributed by atoms with van der Waals surface area (Å²) in [4.78, 5) is 0. The summed E-state index contributed by atoms with van der Waals surface area (Å²) in [6.45, 7) is 0.525. The number of hydrogen-bond acceptors (Lipinski definition) is 1. The Kier molecular flexibility index (Phi) is 1.90. The van der Waals surface area contributed by atoms with Crippen molar-refractivity contribution in [1.29, 1.82) is 0 Å². The molecule has 1 aliphatic carbocycles. The molecule has 1 saturated carbocycles. The van der Waals surface area contributed by atoms with Crippen LogP contribution in [-0.2, 0) is 0 Å². The van der Waals surface area contributed by atoms with E-state index in [4.69, 9.17) is 0 Å². The minimum absolute atomic E-state index is 0. The van der Waals surface area contributed by atoms with Crippen molar-refractivity contribution in [2.75, 3.05) is 6.54 Å². The van der Waals surface area contributed by atoms with E-state index in [0.717, 1.165) is 0 Å². The van der Waals surface area contributed by atoms with Crippen molar-refractivity contribution in [3.05, 3.63) is 0 Å². The van der Waals surface area contributed by atoms with Gasteiger partial charge in [-0.3, -0.25) is 0 Å². The molecule has 1 heterocycles. The summed E-state index contributed by atoms with van der Waals surface area (Å²) in [5.74, 6) is -2.71. The third-order valence-corrected chi connectivity index (χ3v) is 2.34. The molecular formula is C6H10ClF2N. The van der Waals surface area contributed by atoms with Crippen LogP contribution in [0.25, 0.3) is 0 Å². The van der Waals surface area contributed by atoms with E-state index in [-0.39, 0.29) is 30.8 Å². The largest absolute Gasteiger partial charge is 0.313 e. The first-order valence-corrected chi connectivity index (χ1v) is 3.30. The van der Waals surface area contributed by atoms with E-state index < -0.39 is 5.92 Å². The maximum absolute atomic E-state index is 12.6. The first-order valence-electron chi connectivity index (χ1n) is 3.30. The van der Waals surface area contributed by atoms with Gasteiger partial charge in [-0.05, 0) is 6.42 Å². The first kappa shape index (κ1) is 8.21. The molecule has 0 amide bonds. The Hall–Kier alpha value is 0.110. The van der Waals surface area contributed by atoms with Gasteiger partial charge in [0.05, 0.1) is 0 Å². The highest BCUT2D eigenvalue weighted by Crippen LogP contribution is 2.43. The van der Waals surface area contributed by atoms with Gasteiger partial charge in [0.1, 0.15) is 0 Å². The first-order chi connectivity index (χ1) is 4.18. The standard InChI is InChI=1S/C6H9F2N.ClH/c7-6(8)2-5-1-4(6)3-9-5;/h4-5,9H,1-3H2;1H. The molecule has 10 heavy (non-hydrogen) atoms. The number of nitrogens with one attached hydrogen (secondary N) is 1. The van der Waals surface area contributed by atoms with Crippen molar-refractivity contribution in [3.8, 4) is 0 Å². The van der Waals surface area contributed by atoms with Crippen molar-refractivity contribution in [3.63, 3.8) is 0 Å². The third-order valence-electron chi connectivity index (χ3n) is 2.34. The van der Waals surface area contributed by atoms with Crippen molar-refractivity contribution < 1.29 is 8.78 Å². The van der Waals surface area contributed by atoms with Crippen LogP contribution in [0.5, 0.6) is 0 Å². The Balaban J connectivity index is 0.000000500. The van der Waals surface area contributed by atoms with Crippen LogP contribution in [0.1, 0.15) is 12.8 Å². The Morgan fingerprint density at radius 3 is 2.30 bits per heavy atom. The maximum atomic E-state index is 12.6. The van der Waals surface area contributed by atoms with E-state index in [1.165, 1.54) is 0 Å². The van der Waals surface area contributed by atoms with Crippen molar-refractivity contribution in [1.82, 2.24) is 5.32 Å². The number of hydrogen-bond donors (Lipinski definition) is 1. The minimum Gasteiger partial charge on any atom is -0.313 e. The van der Waals surface area contributed by atoms with Gasteiger partial charge in [-0.15, -0.1) is 12.4 Å². The van der Waals surface area contributed by atoms with Crippen molar-refractivity contribution in [2.45, 2.75) is 24.8 Å². The summed E-state index contributed by atoms with van der Waals surface area (Å²) in [5.41, 5.74) is 0. The molecule has 0 aromatic rings. The van der Waals surface area contributed by atoms with E-state index in [9.17, 15) is 8.78 Å². The van der Waals surface area contributed by atoms with Gasteiger partial charge in [0.15, 0.2) is 0 Å². The van der Waals surface area contributed by atoms with Gasteiger partial charge < -0.3 is 5.32 Å². The molecule has 0 radical (unpaired) electrons. The summed E-state index contributed by atoms with van der Waals surface area (Å²) in [6.07, 6.45) is 0.755. The summed E-state index contributed by atoms with van der Waals surface area (Å²) in [7, 11) is 0. The average molecular weight is 170 g/mol. The molecule has 2 fully saturated rings. The van der Waals surface area contributed by atoms with Gasteiger partial charge in [0.2, 0.25) is 0 Å². The smallest absolute Gasteiger partial charge is 0.253 e. The van der Waals surface area contributed by atoms with E-state index in [2.05, 4.69) is 5.32 Å². The van der Waals surface area contributed by atoms with Crippen molar-refractivity contribution in [2.24, 2.45) is 5.92 Å². The lowest BCUT2D eigenvalue weighted by molar-refractivity contribution is -0.0451. The van der Waals surface area contributed by atoms with Gasteiger partial charge in [0, 0.05) is 24.9 Å². The quantitative estimate of drug-likeness (QED) is 0.579. The second-order valence-corrected chi connectivity index (χ2v) is 3.00. The highest BCUT2D eigenvalue weighted by Gasteiger charge is 2.52. The van der Waals surface area contributed by atoms with Crippen LogP contribution in [-0.4, -0.2) is 18.5 Å². The van der Waals surface area contributed by atoms with Crippen molar-refractivity contribution >= 4 is 12.4 Å². The predicted octanol–water partition coefficient (Wildman–Crippen LogP) is 1.43. The van der Waals surface area contributed by atoms with Crippen LogP contribution in [0.2, 0.25) is 0 Å². The molecule has 2 atom stereocenters. The third kappa shape index (κ3) is 1.01. The van der Waals surface area contributed by atoms with E-state index in [0.29, 0.717) is 13.0 Å². The molecule has 0 aromatic carbocycles. The summed E-state index contributed by atoms with van der Waals surface area (Å²) in [6, 6.07) is 0.116. The van der Waals surface area contributed by atoms with Crippen LogP contribution >= 0.6 is 12.4 Å². The highest BCUT2D eigenvalue weighted by atomic mass is 35.5. The Labute approximate surface area is 64.6 Å². The number of halogens is 3. The molecule has 1 aliphatic heterocycles. The normalized spacial score (nSPS) is 41.4. The zero-order valence-electron chi connectivity index (χ0n) is 5.44. The average Bonchev–Trinajstić information content (AvgIpc) is 2.19. The summed E-state index contributed by atoms with van der Waals surface area (Å²) >= 11 is 0. The molecule has 4 heteroatoms. The Bertz CT molecular complexity index is 140.